The van der Waals surface area contributed by atoms with E-state index in [0.717, 1.165) is 13.6 Å². The van der Waals surface area contributed by atoms with Crippen LogP contribution >= 0.6 is 38.5 Å². The molecule has 0 saturated heterocycles. The van der Waals surface area contributed by atoms with Crippen LogP contribution in [0.3, 0.4) is 0 Å². The van der Waals surface area contributed by atoms with Crippen molar-refractivity contribution in [1.29, 1.82) is 0 Å². The summed E-state index contributed by atoms with van der Waals surface area (Å²) in [5.74, 6) is -0.277. The van der Waals surface area contributed by atoms with E-state index in [2.05, 4.69) is 38.5 Å². The molecule has 0 aromatic heterocycles. The molecule has 0 N–H and O–H groups in total. The van der Waals surface area contributed by atoms with Gasteiger partial charge in [-0.25, -0.2) is 4.79 Å². The molecule has 0 spiro atoms. The summed E-state index contributed by atoms with van der Waals surface area (Å²) in [6.45, 7) is 7.54. The molecule has 0 bridgehead atoms. The number of halogens is 2. The van der Waals surface area contributed by atoms with Gasteiger partial charge in [0, 0.05) is 8.04 Å². The van der Waals surface area contributed by atoms with Crippen LogP contribution in [0.25, 0.3) is 0 Å². The molecular weight excluding hydrogens is 383 g/mol. The topological polar surface area (TPSA) is 26.3 Å². The van der Waals surface area contributed by atoms with Crippen LogP contribution in [0.5, 0.6) is 0 Å². The van der Waals surface area contributed by atoms with E-state index in [1.54, 1.807) is 0 Å². The third-order valence-corrected chi connectivity index (χ3v) is 4.32. The van der Waals surface area contributed by atoms with Gasteiger partial charge in [-0.3, -0.25) is 0 Å². The molecule has 1 aromatic carbocycles. The van der Waals surface area contributed by atoms with E-state index in [1.807, 2.05) is 39.8 Å². The number of rotatable bonds is 1. The Morgan fingerprint density at radius 3 is 2.44 bits per heavy atom. The fourth-order valence-corrected chi connectivity index (χ4v) is 2.31. The second-order valence-electron chi connectivity index (χ2n) is 4.61. The Morgan fingerprint density at radius 1 is 1.38 bits per heavy atom. The number of hydrogen-bond acceptors (Lipinski definition) is 2. The van der Waals surface area contributed by atoms with E-state index >= 15 is 0 Å². The number of hydrogen-bond donors (Lipinski definition) is 0. The van der Waals surface area contributed by atoms with E-state index in [0.29, 0.717) is 5.56 Å². The summed E-state index contributed by atoms with van der Waals surface area (Å²) >= 11 is 5.57. The van der Waals surface area contributed by atoms with Crippen LogP contribution in [0, 0.1) is 10.5 Å². The summed E-state index contributed by atoms with van der Waals surface area (Å²) in [7, 11) is 0. The molecule has 88 valence electrons. The van der Waals surface area contributed by atoms with Crippen LogP contribution in [-0.4, -0.2) is 11.6 Å². The third kappa shape index (κ3) is 3.73. The maximum atomic E-state index is 11.9. The highest BCUT2D eigenvalue weighted by molar-refractivity contribution is 14.1. The Balaban J connectivity index is 3.09. The van der Waals surface area contributed by atoms with Crippen LogP contribution in [0.1, 0.15) is 36.7 Å². The summed E-state index contributed by atoms with van der Waals surface area (Å²) in [6, 6.07) is 3.83. The smallest absolute Gasteiger partial charge is 0.339 e. The minimum atomic E-state index is -0.462. The van der Waals surface area contributed by atoms with E-state index in [-0.39, 0.29) is 5.97 Å². The SMILES string of the molecule is Cc1cc(Br)c(I)c(C(=O)OC(C)(C)C)c1. The summed E-state index contributed by atoms with van der Waals surface area (Å²) in [5.41, 5.74) is 1.19. The first-order chi connectivity index (χ1) is 7.20. The zero-order valence-corrected chi connectivity index (χ0v) is 13.5. The largest absolute Gasteiger partial charge is 0.456 e. The molecule has 1 rings (SSSR count). The number of carbonyl (C=O) groups is 1. The Hall–Kier alpha value is -0.100. The molecule has 0 heterocycles. The Morgan fingerprint density at radius 2 is 1.94 bits per heavy atom. The molecule has 0 aliphatic heterocycles. The number of benzene rings is 1. The second-order valence-corrected chi connectivity index (χ2v) is 6.54. The van der Waals surface area contributed by atoms with Crippen LogP contribution < -0.4 is 0 Å². The number of esters is 1. The van der Waals surface area contributed by atoms with E-state index in [4.69, 9.17) is 4.74 Å². The maximum Gasteiger partial charge on any atom is 0.339 e. The first kappa shape index (κ1) is 14.0. The molecule has 0 saturated carbocycles. The molecule has 16 heavy (non-hydrogen) atoms. The summed E-state index contributed by atoms with van der Waals surface area (Å²) in [5, 5.41) is 0. The predicted molar refractivity (Wildman–Crippen MR) is 76.8 cm³/mol. The second kappa shape index (κ2) is 5.04. The number of carbonyl (C=O) groups excluding carboxylic acids is 1. The zero-order valence-electron chi connectivity index (χ0n) is 9.73. The Labute approximate surface area is 118 Å². The first-order valence-corrected chi connectivity index (χ1v) is 6.77. The lowest BCUT2D eigenvalue weighted by atomic mass is 10.1. The molecule has 0 radical (unpaired) electrons. The molecule has 0 aliphatic rings. The van der Waals surface area contributed by atoms with Crippen molar-refractivity contribution in [1.82, 2.24) is 0 Å². The van der Waals surface area contributed by atoms with Crippen molar-refractivity contribution in [3.8, 4) is 0 Å². The monoisotopic (exact) mass is 396 g/mol. The van der Waals surface area contributed by atoms with Gasteiger partial charge >= 0.3 is 5.97 Å². The summed E-state index contributed by atoms with van der Waals surface area (Å²) < 4.78 is 7.16. The van der Waals surface area contributed by atoms with Gasteiger partial charge in [-0.2, -0.15) is 0 Å². The predicted octanol–water partition coefficient (Wildman–Crippen LogP) is 4.32. The molecule has 0 atom stereocenters. The van der Waals surface area contributed by atoms with Crippen molar-refractivity contribution in [2.45, 2.75) is 33.3 Å². The fraction of sp³-hybridized carbons (Fsp3) is 0.417. The number of ether oxygens (including phenoxy) is 1. The van der Waals surface area contributed by atoms with Gasteiger partial charge in [-0.05, 0) is 83.9 Å². The van der Waals surface area contributed by atoms with Gasteiger partial charge in [-0.15, -0.1) is 0 Å². The van der Waals surface area contributed by atoms with E-state index < -0.39 is 5.60 Å². The third-order valence-electron chi connectivity index (χ3n) is 1.79. The van der Waals surface area contributed by atoms with Crippen molar-refractivity contribution < 1.29 is 9.53 Å². The van der Waals surface area contributed by atoms with Crippen molar-refractivity contribution in [3.05, 3.63) is 31.3 Å². The standard InChI is InChI=1S/C12H14BrIO2/c1-7-5-8(10(14)9(13)6-7)11(15)16-12(2,3)4/h5-6H,1-4H3. The quantitative estimate of drug-likeness (QED) is 0.522. The van der Waals surface area contributed by atoms with Gasteiger partial charge in [0.1, 0.15) is 5.60 Å². The summed E-state index contributed by atoms with van der Waals surface area (Å²) in [4.78, 5) is 11.9. The fourth-order valence-electron chi connectivity index (χ4n) is 1.21. The minimum absolute atomic E-state index is 0.277. The number of aryl methyl sites for hydroxylation is 1. The molecule has 2 nitrogen and oxygen atoms in total. The average molecular weight is 397 g/mol. The van der Waals surface area contributed by atoms with Crippen molar-refractivity contribution in [2.24, 2.45) is 0 Å². The van der Waals surface area contributed by atoms with Gasteiger partial charge in [0.05, 0.1) is 5.56 Å². The van der Waals surface area contributed by atoms with Crippen LogP contribution in [0.15, 0.2) is 16.6 Å². The van der Waals surface area contributed by atoms with Crippen LogP contribution in [0.4, 0.5) is 0 Å². The van der Waals surface area contributed by atoms with Crippen molar-refractivity contribution in [3.63, 3.8) is 0 Å². The van der Waals surface area contributed by atoms with Crippen LogP contribution in [0.2, 0.25) is 0 Å². The molecule has 0 amide bonds. The van der Waals surface area contributed by atoms with Gasteiger partial charge in [-0.1, -0.05) is 0 Å². The molecule has 0 unspecified atom stereocenters. The Kier molecular flexibility index (Phi) is 4.40. The average Bonchev–Trinajstić information content (AvgIpc) is 2.08. The molecule has 4 heteroatoms. The zero-order chi connectivity index (χ0) is 12.5. The van der Waals surface area contributed by atoms with Gasteiger partial charge < -0.3 is 4.74 Å². The lowest BCUT2D eigenvalue weighted by Crippen LogP contribution is -2.24. The van der Waals surface area contributed by atoms with E-state index in [1.165, 1.54) is 0 Å². The molecular formula is C12H14BrIO2. The molecule has 0 aliphatic carbocycles. The maximum absolute atomic E-state index is 11.9. The lowest BCUT2D eigenvalue weighted by molar-refractivity contribution is 0.00681. The normalized spacial score (nSPS) is 11.4. The van der Waals surface area contributed by atoms with Crippen molar-refractivity contribution >= 4 is 44.5 Å². The van der Waals surface area contributed by atoms with E-state index in [9.17, 15) is 4.79 Å². The minimum Gasteiger partial charge on any atom is -0.456 e. The molecule has 0 fully saturated rings. The lowest BCUT2D eigenvalue weighted by Gasteiger charge is -2.20. The highest BCUT2D eigenvalue weighted by Crippen LogP contribution is 2.26. The first-order valence-electron chi connectivity index (χ1n) is 4.90. The highest BCUT2D eigenvalue weighted by atomic mass is 127. The van der Waals surface area contributed by atoms with Gasteiger partial charge in [0.15, 0.2) is 0 Å². The Bertz CT molecular complexity index is 422. The summed E-state index contributed by atoms with van der Waals surface area (Å²) in [6.07, 6.45) is 0. The van der Waals surface area contributed by atoms with Gasteiger partial charge in [0.25, 0.3) is 0 Å². The molecule has 1 aromatic rings. The van der Waals surface area contributed by atoms with Crippen molar-refractivity contribution in [2.75, 3.05) is 0 Å². The van der Waals surface area contributed by atoms with Crippen LogP contribution in [-0.2, 0) is 4.74 Å². The van der Waals surface area contributed by atoms with Gasteiger partial charge in [0.2, 0.25) is 0 Å². The highest BCUT2D eigenvalue weighted by Gasteiger charge is 2.20.